The van der Waals surface area contributed by atoms with Gasteiger partial charge in [0.15, 0.2) is 12.4 Å². The normalized spacial score (nSPS) is 12.6. The number of sulfonamides is 1. The Balaban J connectivity index is 1.60. The van der Waals surface area contributed by atoms with Crippen molar-refractivity contribution in [2.45, 2.75) is 19.8 Å². The number of hydrogen-bond donors (Lipinski definition) is 1. The number of nitriles is 1. The van der Waals surface area contributed by atoms with Crippen LogP contribution in [0.2, 0.25) is 0 Å². The molecule has 0 aliphatic carbocycles. The van der Waals surface area contributed by atoms with Crippen molar-refractivity contribution in [3.05, 3.63) is 59.2 Å². The molecule has 1 amide bonds. The summed E-state index contributed by atoms with van der Waals surface area (Å²) in [7, 11) is -3.37. The molecule has 32 heavy (non-hydrogen) atoms. The summed E-state index contributed by atoms with van der Waals surface area (Å²) in [6, 6.07) is 12.4. The molecule has 0 spiro atoms. The van der Waals surface area contributed by atoms with E-state index in [0.29, 0.717) is 29.9 Å². The fraction of sp³-hybridized carbons (Fsp3) is 0.273. The first-order valence-corrected chi connectivity index (χ1v) is 11.5. The van der Waals surface area contributed by atoms with E-state index in [9.17, 15) is 22.8 Å². The summed E-state index contributed by atoms with van der Waals surface area (Å²) in [4.78, 5) is 36.1. The van der Waals surface area contributed by atoms with Crippen molar-refractivity contribution in [1.82, 2.24) is 0 Å². The first-order chi connectivity index (χ1) is 15.2. The smallest absolute Gasteiger partial charge is 0.338 e. The number of esters is 1. The van der Waals surface area contributed by atoms with Crippen LogP contribution in [0.25, 0.3) is 0 Å². The molecule has 0 fully saturated rings. The average molecular weight is 455 g/mol. The average Bonchev–Trinajstić information content (AvgIpc) is 3.22. The Kier molecular flexibility index (Phi) is 6.90. The number of rotatable bonds is 8. The predicted octanol–water partition coefficient (Wildman–Crippen LogP) is 2.29. The number of carbonyl (C=O) groups excluding carboxylic acids is 3. The molecular formula is C22H21N3O6S. The Morgan fingerprint density at radius 1 is 1.12 bits per heavy atom. The zero-order valence-corrected chi connectivity index (χ0v) is 18.1. The monoisotopic (exact) mass is 455 g/mol. The van der Waals surface area contributed by atoms with Gasteiger partial charge in [-0.15, -0.1) is 0 Å². The molecule has 0 unspecified atom stereocenters. The van der Waals surface area contributed by atoms with Gasteiger partial charge < -0.3 is 10.1 Å². The number of fused-ring (bicyclic) bond motifs is 1. The summed E-state index contributed by atoms with van der Waals surface area (Å²) >= 11 is 0. The number of nitrogens with one attached hydrogen (secondary N) is 1. The van der Waals surface area contributed by atoms with Crippen LogP contribution in [0.1, 0.15) is 39.6 Å². The molecule has 3 rings (SSSR count). The van der Waals surface area contributed by atoms with Gasteiger partial charge in [-0.1, -0.05) is 0 Å². The van der Waals surface area contributed by atoms with Gasteiger partial charge in [-0.25, -0.2) is 13.2 Å². The van der Waals surface area contributed by atoms with Crippen LogP contribution < -0.4 is 9.62 Å². The highest BCUT2D eigenvalue weighted by molar-refractivity contribution is 7.92. The molecule has 0 radical (unpaired) electrons. The van der Waals surface area contributed by atoms with E-state index >= 15 is 0 Å². The lowest BCUT2D eigenvalue weighted by Gasteiger charge is -2.18. The number of benzene rings is 2. The number of anilines is 2. The highest BCUT2D eigenvalue weighted by Gasteiger charge is 2.28. The number of ketones is 1. The van der Waals surface area contributed by atoms with Gasteiger partial charge in [0, 0.05) is 17.8 Å². The Morgan fingerprint density at radius 2 is 1.81 bits per heavy atom. The Hall–Kier alpha value is -3.71. The zero-order chi connectivity index (χ0) is 23.3. The molecule has 1 N–H and O–H groups in total. The molecule has 2 aromatic carbocycles. The minimum atomic E-state index is -3.37. The van der Waals surface area contributed by atoms with Crippen LogP contribution in [0.5, 0.6) is 0 Å². The predicted molar refractivity (Wildman–Crippen MR) is 117 cm³/mol. The largest absolute Gasteiger partial charge is 0.454 e. The van der Waals surface area contributed by atoms with Gasteiger partial charge in [0.25, 0.3) is 0 Å². The molecule has 0 bridgehead atoms. The van der Waals surface area contributed by atoms with E-state index in [4.69, 9.17) is 10.00 Å². The maximum absolute atomic E-state index is 12.5. The van der Waals surface area contributed by atoms with Crippen LogP contribution in [-0.4, -0.2) is 45.0 Å². The minimum absolute atomic E-state index is 0.00368. The van der Waals surface area contributed by atoms with Crippen molar-refractivity contribution in [2.24, 2.45) is 0 Å². The van der Waals surface area contributed by atoms with Crippen LogP contribution in [0, 0.1) is 11.3 Å². The number of Topliss-reactive ketones (excluding diaryl/α,β-unsaturated/α-hetero) is 1. The van der Waals surface area contributed by atoms with E-state index in [-0.39, 0.29) is 17.7 Å². The third-order valence-electron chi connectivity index (χ3n) is 4.93. The van der Waals surface area contributed by atoms with E-state index in [1.165, 1.54) is 34.6 Å². The molecule has 1 aliphatic heterocycles. The second-order valence-corrected chi connectivity index (χ2v) is 9.21. The van der Waals surface area contributed by atoms with Gasteiger partial charge in [-0.2, -0.15) is 5.26 Å². The topological polar surface area (TPSA) is 134 Å². The maximum atomic E-state index is 12.5. The number of amides is 1. The van der Waals surface area contributed by atoms with Crippen LogP contribution in [0.4, 0.5) is 11.4 Å². The third kappa shape index (κ3) is 5.12. The van der Waals surface area contributed by atoms with Gasteiger partial charge in [-0.05, 0) is 61.4 Å². The number of carbonyl (C=O) groups is 3. The summed E-state index contributed by atoms with van der Waals surface area (Å²) < 4.78 is 30.8. The lowest BCUT2D eigenvalue weighted by Crippen LogP contribution is -2.30. The summed E-state index contributed by atoms with van der Waals surface area (Å²) in [6.07, 6.45) is 0.230. The van der Waals surface area contributed by atoms with Gasteiger partial charge >= 0.3 is 5.97 Å². The van der Waals surface area contributed by atoms with Crippen LogP contribution in [-0.2, 0) is 26.0 Å². The quantitative estimate of drug-likeness (QED) is 0.477. The number of ether oxygens (including phenoxy) is 1. The van der Waals surface area contributed by atoms with Gasteiger partial charge in [0.2, 0.25) is 15.9 Å². The van der Waals surface area contributed by atoms with Crippen molar-refractivity contribution in [2.75, 3.05) is 28.5 Å². The summed E-state index contributed by atoms with van der Waals surface area (Å²) in [5.74, 6) is -1.57. The van der Waals surface area contributed by atoms with E-state index in [2.05, 4.69) is 5.32 Å². The molecule has 9 nitrogen and oxygen atoms in total. The van der Waals surface area contributed by atoms with E-state index < -0.39 is 34.3 Å². The molecule has 2 aromatic rings. The molecule has 0 saturated carbocycles. The van der Waals surface area contributed by atoms with Gasteiger partial charge in [0.1, 0.15) is 6.42 Å². The van der Waals surface area contributed by atoms with Gasteiger partial charge in [0.05, 0.1) is 23.1 Å². The van der Waals surface area contributed by atoms with Crippen LogP contribution in [0.15, 0.2) is 42.5 Å². The van der Waals surface area contributed by atoms with E-state index in [0.717, 1.165) is 5.56 Å². The molecule has 0 atom stereocenters. The molecule has 10 heteroatoms. The Bertz CT molecular complexity index is 1200. The van der Waals surface area contributed by atoms with Crippen molar-refractivity contribution in [3.63, 3.8) is 0 Å². The molecule has 0 saturated heterocycles. The second kappa shape index (κ2) is 9.62. The van der Waals surface area contributed by atoms with Crippen molar-refractivity contribution < 1.29 is 27.5 Å². The molecule has 1 aliphatic rings. The Morgan fingerprint density at radius 3 is 2.47 bits per heavy atom. The lowest BCUT2D eigenvalue weighted by molar-refractivity contribution is -0.115. The van der Waals surface area contributed by atoms with Crippen LogP contribution >= 0.6 is 0 Å². The van der Waals surface area contributed by atoms with Crippen molar-refractivity contribution in [1.29, 1.82) is 5.26 Å². The van der Waals surface area contributed by atoms with Crippen molar-refractivity contribution in [3.8, 4) is 6.07 Å². The summed E-state index contributed by atoms with van der Waals surface area (Å²) in [5.41, 5.74) is 2.29. The van der Waals surface area contributed by atoms with Crippen LogP contribution in [0.3, 0.4) is 0 Å². The Labute approximate surface area is 185 Å². The number of hydrogen-bond acceptors (Lipinski definition) is 7. The fourth-order valence-corrected chi connectivity index (χ4v) is 4.41. The van der Waals surface area contributed by atoms with E-state index in [1.807, 2.05) is 0 Å². The first-order valence-electron chi connectivity index (χ1n) is 9.85. The fourth-order valence-electron chi connectivity index (χ4n) is 3.25. The lowest BCUT2D eigenvalue weighted by atomic mass is 10.1. The minimum Gasteiger partial charge on any atom is -0.454 e. The molecule has 166 valence electrons. The van der Waals surface area contributed by atoms with Crippen molar-refractivity contribution >= 4 is 39.1 Å². The maximum Gasteiger partial charge on any atom is 0.338 e. The standard InChI is InChI=1S/C22H21N3O6S/c1-2-32(29,30)25-12-10-16-13-17(5-8-19(16)25)20(26)14-31-22(28)15-3-6-18(7-4-15)24-21(27)9-11-23/h3-8,13H,2,9-10,12,14H2,1H3,(H,24,27). The highest BCUT2D eigenvalue weighted by Crippen LogP contribution is 2.31. The number of nitrogens with zero attached hydrogens (tertiary/aromatic N) is 2. The third-order valence-corrected chi connectivity index (χ3v) is 6.71. The molecule has 1 heterocycles. The first kappa shape index (κ1) is 23.0. The SMILES string of the molecule is CCS(=O)(=O)N1CCc2cc(C(=O)COC(=O)c3ccc(NC(=O)CC#N)cc3)ccc21. The van der Waals surface area contributed by atoms with E-state index in [1.54, 1.807) is 25.1 Å². The summed E-state index contributed by atoms with van der Waals surface area (Å²) in [6.45, 7) is 1.46. The summed E-state index contributed by atoms with van der Waals surface area (Å²) in [5, 5.41) is 11.0. The zero-order valence-electron chi connectivity index (χ0n) is 17.3. The molecule has 0 aromatic heterocycles. The molecular weight excluding hydrogens is 434 g/mol. The van der Waals surface area contributed by atoms with Gasteiger partial charge in [-0.3, -0.25) is 13.9 Å². The second-order valence-electron chi connectivity index (χ2n) is 7.03. The highest BCUT2D eigenvalue weighted by atomic mass is 32.2.